The number of carbonyl (C=O) groups excluding carboxylic acids is 1. The van der Waals surface area contributed by atoms with Gasteiger partial charge in [0.05, 0.1) is 6.04 Å². The van der Waals surface area contributed by atoms with Crippen LogP contribution in [0, 0.1) is 5.41 Å². The molecule has 0 aromatic carbocycles. The van der Waals surface area contributed by atoms with Crippen molar-refractivity contribution in [3.05, 3.63) is 0 Å². The van der Waals surface area contributed by atoms with E-state index in [0.29, 0.717) is 11.5 Å². The Balaban J connectivity index is 2.37. The number of hydrogen-bond acceptors (Lipinski definition) is 2. The fourth-order valence-corrected chi connectivity index (χ4v) is 1.77. The summed E-state index contributed by atoms with van der Waals surface area (Å²) >= 11 is 0. The second kappa shape index (κ2) is 3.66. The van der Waals surface area contributed by atoms with Crippen molar-refractivity contribution in [2.24, 2.45) is 5.41 Å². The lowest BCUT2D eigenvalue weighted by molar-refractivity contribution is -0.123. The minimum atomic E-state index is -0.0745. The van der Waals surface area contributed by atoms with Gasteiger partial charge < -0.3 is 10.6 Å². The van der Waals surface area contributed by atoms with Gasteiger partial charge in [0.15, 0.2) is 0 Å². The highest BCUT2D eigenvalue weighted by molar-refractivity contribution is 5.80. The SMILES string of the molecule is CNC(=O)C(C)NC1CCC1(C)C. The van der Waals surface area contributed by atoms with Crippen LogP contribution < -0.4 is 10.6 Å². The monoisotopic (exact) mass is 184 g/mol. The van der Waals surface area contributed by atoms with Gasteiger partial charge in [-0.2, -0.15) is 0 Å². The van der Waals surface area contributed by atoms with Gasteiger partial charge in [-0.15, -0.1) is 0 Å². The molecule has 0 radical (unpaired) electrons. The van der Waals surface area contributed by atoms with E-state index in [2.05, 4.69) is 24.5 Å². The molecule has 1 saturated carbocycles. The summed E-state index contributed by atoms with van der Waals surface area (Å²) in [5, 5.41) is 5.99. The molecule has 1 aliphatic rings. The lowest BCUT2D eigenvalue weighted by Crippen LogP contribution is -2.56. The van der Waals surface area contributed by atoms with E-state index in [0.717, 1.165) is 0 Å². The van der Waals surface area contributed by atoms with Crippen LogP contribution in [0.3, 0.4) is 0 Å². The first-order valence-electron chi connectivity index (χ1n) is 4.95. The zero-order chi connectivity index (χ0) is 10.1. The molecule has 3 heteroatoms. The highest BCUT2D eigenvalue weighted by Crippen LogP contribution is 2.40. The topological polar surface area (TPSA) is 41.1 Å². The molecule has 2 unspecified atom stereocenters. The molecule has 1 aliphatic carbocycles. The first-order valence-corrected chi connectivity index (χ1v) is 4.95. The molecule has 1 fully saturated rings. The third-order valence-electron chi connectivity index (χ3n) is 3.11. The van der Waals surface area contributed by atoms with Crippen LogP contribution in [0.2, 0.25) is 0 Å². The van der Waals surface area contributed by atoms with Crippen LogP contribution in [0.5, 0.6) is 0 Å². The zero-order valence-electron chi connectivity index (χ0n) is 8.98. The number of rotatable bonds is 3. The Morgan fingerprint density at radius 1 is 1.54 bits per heavy atom. The van der Waals surface area contributed by atoms with E-state index >= 15 is 0 Å². The summed E-state index contributed by atoms with van der Waals surface area (Å²) in [5.74, 6) is 0.0719. The molecule has 0 saturated heterocycles. The molecule has 2 atom stereocenters. The molecule has 1 amide bonds. The van der Waals surface area contributed by atoms with Gasteiger partial charge in [-0.3, -0.25) is 4.79 Å². The average molecular weight is 184 g/mol. The van der Waals surface area contributed by atoms with E-state index in [-0.39, 0.29) is 11.9 Å². The molecule has 0 aromatic rings. The number of carbonyl (C=O) groups is 1. The number of hydrogen-bond donors (Lipinski definition) is 2. The summed E-state index contributed by atoms with van der Waals surface area (Å²) in [7, 11) is 1.67. The molecular weight excluding hydrogens is 164 g/mol. The smallest absolute Gasteiger partial charge is 0.236 e. The predicted octanol–water partition coefficient (Wildman–Crippen LogP) is 0.899. The van der Waals surface area contributed by atoms with E-state index in [1.54, 1.807) is 7.05 Å². The Kier molecular flexibility index (Phi) is 2.96. The molecular formula is C10H20N2O. The Morgan fingerprint density at radius 2 is 2.15 bits per heavy atom. The van der Waals surface area contributed by atoms with Crippen LogP contribution in [0.25, 0.3) is 0 Å². The van der Waals surface area contributed by atoms with Crippen molar-refractivity contribution in [1.29, 1.82) is 0 Å². The fourth-order valence-electron chi connectivity index (χ4n) is 1.77. The summed E-state index contributed by atoms with van der Waals surface area (Å²) in [6.07, 6.45) is 2.44. The molecule has 0 aromatic heterocycles. The van der Waals surface area contributed by atoms with Crippen LogP contribution in [-0.2, 0) is 4.79 Å². The van der Waals surface area contributed by atoms with E-state index < -0.39 is 0 Å². The number of nitrogens with one attached hydrogen (secondary N) is 2. The van der Waals surface area contributed by atoms with Crippen molar-refractivity contribution in [3.63, 3.8) is 0 Å². The maximum atomic E-state index is 11.2. The third kappa shape index (κ3) is 2.21. The predicted molar refractivity (Wildman–Crippen MR) is 53.5 cm³/mol. The van der Waals surface area contributed by atoms with E-state index in [1.165, 1.54) is 12.8 Å². The number of likely N-dealkylation sites (N-methyl/N-ethyl adjacent to an activating group) is 1. The molecule has 0 spiro atoms. The lowest BCUT2D eigenvalue weighted by Gasteiger charge is -2.46. The first-order chi connectivity index (χ1) is 5.97. The Morgan fingerprint density at radius 3 is 2.46 bits per heavy atom. The summed E-state index contributed by atoms with van der Waals surface area (Å²) in [6, 6.07) is 0.425. The molecule has 76 valence electrons. The van der Waals surface area contributed by atoms with E-state index in [4.69, 9.17) is 0 Å². The molecule has 1 rings (SSSR count). The average Bonchev–Trinajstić information content (AvgIpc) is 2.10. The maximum Gasteiger partial charge on any atom is 0.236 e. The second-order valence-electron chi connectivity index (χ2n) is 4.58. The van der Waals surface area contributed by atoms with Gasteiger partial charge in [0.2, 0.25) is 5.91 Å². The van der Waals surface area contributed by atoms with Crippen molar-refractivity contribution in [2.75, 3.05) is 7.05 Å². The molecule has 0 aliphatic heterocycles. The summed E-state index contributed by atoms with van der Waals surface area (Å²) in [4.78, 5) is 11.2. The van der Waals surface area contributed by atoms with Gasteiger partial charge in [-0.25, -0.2) is 0 Å². The normalized spacial score (nSPS) is 27.5. The number of amides is 1. The minimum absolute atomic E-state index is 0.0719. The molecule has 0 heterocycles. The Hall–Kier alpha value is -0.570. The third-order valence-corrected chi connectivity index (χ3v) is 3.11. The van der Waals surface area contributed by atoms with Crippen LogP contribution >= 0.6 is 0 Å². The van der Waals surface area contributed by atoms with Gasteiger partial charge in [0, 0.05) is 13.1 Å². The standard InChI is InChI=1S/C10H20N2O/c1-7(9(13)11-4)12-8-5-6-10(8,2)3/h7-8,12H,5-6H2,1-4H3,(H,11,13). The minimum Gasteiger partial charge on any atom is -0.358 e. The summed E-state index contributed by atoms with van der Waals surface area (Å²) in [6.45, 7) is 6.39. The van der Waals surface area contributed by atoms with Crippen molar-refractivity contribution in [1.82, 2.24) is 10.6 Å². The largest absolute Gasteiger partial charge is 0.358 e. The first kappa shape index (κ1) is 10.5. The Labute approximate surface area is 80.3 Å². The molecule has 3 nitrogen and oxygen atoms in total. The van der Waals surface area contributed by atoms with Crippen molar-refractivity contribution in [3.8, 4) is 0 Å². The van der Waals surface area contributed by atoms with Crippen LogP contribution in [-0.4, -0.2) is 25.0 Å². The van der Waals surface area contributed by atoms with Crippen LogP contribution in [0.15, 0.2) is 0 Å². The molecule has 2 N–H and O–H groups in total. The van der Waals surface area contributed by atoms with Gasteiger partial charge in [0.25, 0.3) is 0 Å². The van der Waals surface area contributed by atoms with Gasteiger partial charge in [-0.05, 0) is 25.2 Å². The summed E-state index contributed by atoms with van der Waals surface area (Å²) in [5.41, 5.74) is 0.363. The molecule has 13 heavy (non-hydrogen) atoms. The van der Waals surface area contributed by atoms with Gasteiger partial charge >= 0.3 is 0 Å². The second-order valence-corrected chi connectivity index (χ2v) is 4.58. The summed E-state index contributed by atoms with van der Waals surface area (Å²) < 4.78 is 0. The quantitative estimate of drug-likeness (QED) is 0.684. The fraction of sp³-hybridized carbons (Fsp3) is 0.900. The highest BCUT2D eigenvalue weighted by Gasteiger charge is 2.39. The van der Waals surface area contributed by atoms with E-state index in [1.807, 2.05) is 6.92 Å². The van der Waals surface area contributed by atoms with Crippen LogP contribution in [0.1, 0.15) is 33.6 Å². The lowest BCUT2D eigenvalue weighted by atomic mass is 9.67. The van der Waals surface area contributed by atoms with Crippen molar-refractivity contribution >= 4 is 5.91 Å². The van der Waals surface area contributed by atoms with Gasteiger partial charge in [0.1, 0.15) is 0 Å². The van der Waals surface area contributed by atoms with Crippen molar-refractivity contribution in [2.45, 2.75) is 45.7 Å². The van der Waals surface area contributed by atoms with Crippen molar-refractivity contribution < 1.29 is 4.79 Å². The maximum absolute atomic E-state index is 11.2. The zero-order valence-corrected chi connectivity index (χ0v) is 8.98. The van der Waals surface area contributed by atoms with E-state index in [9.17, 15) is 4.79 Å². The highest BCUT2D eigenvalue weighted by atomic mass is 16.2. The Bertz CT molecular complexity index is 201. The van der Waals surface area contributed by atoms with Crippen LogP contribution in [0.4, 0.5) is 0 Å². The molecule has 0 bridgehead atoms. The van der Waals surface area contributed by atoms with Gasteiger partial charge in [-0.1, -0.05) is 13.8 Å².